The summed E-state index contributed by atoms with van der Waals surface area (Å²) in [5.74, 6) is -1.09. The lowest BCUT2D eigenvalue weighted by atomic mass is 10.2. The Hall–Kier alpha value is -2.49. The van der Waals surface area contributed by atoms with Crippen LogP contribution in [0.4, 0.5) is 15.8 Å². The highest BCUT2D eigenvalue weighted by molar-refractivity contribution is 7.89. The first-order valence-corrected chi connectivity index (χ1v) is 10.7. The van der Waals surface area contributed by atoms with Gasteiger partial charge in [-0.1, -0.05) is 6.07 Å². The number of rotatable bonds is 6. The first-order valence-electron chi connectivity index (χ1n) is 9.22. The SMILES string of the molecule is Cc1ccc(S(=O)(=O)N(C)CC(=O)Nc2ccc(N3CCOCC3)cc2)cc1F. The largest absolute Gasteiger partial charge is 0.378 e. The number of carbonyl (C=O) groups is 1. The monoisotopic (exact) mass is 421 g/mol. The standard InChI is InChI=1S/C20H24FN3O4S/c1-15-3-8-18(13-19(15)21)29(26,27)23(2)14-20(25)22-16-4-6-17(7-5-16)24-9-11-28-12-10-24/h3-8,13H,9-12,14H2,1-2H3,(H,22,25). The number of hydrogen-bond acceptors (Lipinski definition) is 5. The Morgan fingerprint density at radius 1 is 1.17 bits per heavy atom. The zero-order valence-corrected chi connectivity index (χ0v) is 17.2. The molecule has 3 rings (SSSR count). The lowest BCUT2D eigenvalue weighted by molar-refractivity contribution is -0.116. The topological polar surface area (TPSA) is 79.0 Å². The summed E-state index contributed by atoms with van der Waals surface area (Å²) < 4.78 is 45.1. The molecule has 0 unspecified atom stereocenters. The van der Waals surface area contributed by atoms with Crippen LogP contribution in [0.15, 0.2) is 47.4 Å². The highest BCUT2D eigenvalue weighted by atomic mass is 32.2. The van der Waals surface area contributed by atoms with Gasteiger partial charge in [0, 0.05) is 31.5 Å². The van der Waals surface area contributed by atoms with Gasteiger partial charge in [-0.15, -0.1) is 0 Å². The van der Waals surface area contributed by atoms with Gasteiger partial charge in [-0.25, -0.2) is 12.8 Å². The van der Waals surface area contributed by atoms with Gasteiger partial charge in [-0.3, -0.25) is 4.79 Å². The molecule has 1 aliphatic rings. The highest BCUT2D eigenvalue weighted by Gasteiger charge is 2.24. The van der Waals surface area contributed by atoms with Gasteiger partial charge in [0.25, 0.3) is 0 Å². The average molecular weight is 421 g/mol. The number of ether oxygens (including phenoxy) is 1. The van der Waals surface area contributed by atoms with E-state index in [0.29, 0.717) is 24.5 Å². The van der Waals surface area contributed by atoms with Gasteiger partial charge in [-0.05, 0) is 48.9 Å². The van der Waals surface area contributed by atoms with Crippen molar-refractivity contribution < 1.29 is 22.3 Å². The number of carbonyl (C=O) groups excluding carboxylic acids is 1. The molecule has 0 atom stereocenters. The quantitative estimate of drug-likeness (QED) is 0.774. The second kappa shape index (κ2) is 8.89. The van der Waals surface area contributed by atoms with Crippen molar-refractivity contribution >= 4 is 27.3 Å². The molecule has 29 heavy (non-hydrogen) atoms. The lowest BCUT2D eigenvalue weighted by Crippen LogP contribution is -2.36. The zero-order valence-electron chi connectivity index (χ0n) is 16.4. The normalized spacial score (nSPS) is 14.8. The second-order valence-electron chi connectivity index (χ2n) is 6.87. The minimum absolute atomic E-state index is 0.189. The summed E-state index contributed by atoms with van der Waals surface area (Å²) in [6.45, 7) is 4.16. The lowest BCUT2D eigenvalue weighted by Gasteiger charge is -2.28. The molecule has 9 heteroatoms. The van der Waals surface area contributed by atoms with Gasteiger partial charge < -0.3 is 15.0 Å². The molecule has 0 bridgehead atoms. The van der Waals surface area contributed by atoms with Crippen LogP contribution >= 0.6 is 0 Å². The minimum Gasteiger partial charge on any atom is -0.378 e. The molecule has 1 fully saturated rings. The molecule has 7 nitrogen and oxygen atoms in total. The summed E-state index contributed by atoms with van der Waals surface area (Å²) in [4.78, 5) is 14.3. The van der Waals surface area contributed by atoms with E-state index in [0.717, 1.165) is 29.1 Å². The number of sulfonamides is 1. The van der Waals surface area contributed by atoms with E-state index in [1.165, 1.54) is 19.2 Å². The molecule has 1 aliphatic heterocycles. The number of morpholine rings is 1. The molecular formula is C20H24FN3O4S. The van der Waals surface area contributed by atoms with Crippen molar-refractivity contribution in [3.8, 4) is 0 Å². The number of likely N-dealkylation sites (N-methyl/N-ethyl adjacent to an activating group) is 1. The van der Waals surface area contributed by atoms with E-state index in [9.17, 15) is 17.6 Å². The van der Waals surface area contributed by atoms with E-state index < -0.39 is 21.7 Å². The molecule has 0 spiro atoms. The van der Waals surface area contributed by atoms with Gasteiger partial charge in [0.2, 0.25) is 15.9 Å². The summed E-state index contributed by atoms with van der Waals surface area (Å²) in [5.41, 5.74) is 1.96. The van der Waals surface area contributed by atoms with E-state index in [1.54, 1.807) is 19.1 Å². The van der Waals surface area contributed by atoms with E-state index in [4.69, 9.17) is 4.74 Å². The maximum atomic E-state index is 13.7. The molecule has 0 saturated carbocycles. The van der Waals surface area contributed by atoms with Crippen LogP contribution in [0.5, 0.6) is 0 Å². The van der Waals surface area contributed by atoms with Crippen molar-refractivity contribution in [2.24, 2.45) is 0 Å². The van der Waals surface area contributed by atoms with E-state index in [2.05, 4.69) is 10.2 Å². The van der Waals surface area contributed by atoms with Gasteiger partial charge in [-0.2, -0.15) is 4.31 Å². The minimum atomic E-state index is -3.97. The molecule has 2 aromatic carbocycles. The molecular weight excluding hydrogens is 397 g/mol. The van der Waals surface area contributed by atoms with Crippen LogP contribution in [-0.2, 0) is 19.6 Å². The Morgan fingerprint density at radius 2 is 1.83 bits per heavy atom. The van der Waals surface area contributed by atoms with E-state index in [1.807, 2.05) is 12.1 Å². The average Bonchev–Trinajstić information content (AvgIpc) is 2.71. The van der Waals surface area contributed by atoms with Crippen LogP contribution in [0, 0.1) is 12.7 Å². The molecule has 0 aromatic heterocycles. The molecule has 2 aromatic rings. The number of halogens is 1. The number of nitrogens with one attached hydrogen (secondary N) is 1. The zero-order chi connectivity index (χ0) is 21.0. The molecule has 1 N–H and O–H groups in total. The molecule has 1 saturated heterocycles. The van der Waals surface area contributed by atoms with Crippen LogP contribution < -0.4 is 10.2 Å². The van der Waals surface area contributed by atoms with Crippen molar-refractivity contribution in [2.45, 2.75) is 11.8 Å². The molecule has 0 aliphatic carbocycles. The first kappa shape index (κ1) is 21.2. The van der Waals surface area contributed by atoms with E-state index in [-0.39, 0.29) is 11.4 Å². The Kier molecular flexibility index (Phi) is 6.51. The smallest absolute Gasteiger partial charge is 0.243 e. The fraction of sp³-hybridized carbons (Fsp3) is 0.350. The first-order chi connectivity index (χ1) is 13.8. The predicted octanol–water partition coefficient (Wildman–Crippen LogP) is 2.23. The van der Waals surface area contributed by atoms with Crippen molar-refractivity contribution in [2.75, 3.05) is 50.1 Å². The molecule has 156 valence electrons. The fourth-order valence-corrected chi connectivity index (χ4v) is 4.12. The second-order valence-corrected chi connectivity index (χ2v) is 8.91. The van der Waals surface area contributed by atoms with Crippen molar-refractivity contribution in [1.82, 2.24) is 4.31 Å². The Labute approximate surface area is 170 Å². The van der Waals surface area contributed by atoms with Crippen LogP contribution in [-0.4, -0.2) is 58.5 Å². The van der Waals surface area contributed by atoms with Gasteiger partial charge >= 0.3 is 0 Å². The maximum absolute atomic E-state index is 13.7. The summed E-state index contributed by atoms with van der Waals surface area (Å²) >= 11 is 0. The summed E-state index contributed by atoms with van der Waals surface area (Å²) in [6, 6.07) is 11.0. The van der Waals surface area contributed by atoms with Crippen LogP contribution in [0.25, 0.3) is 0 Å². The van der Waals surface area contributed by atoms with Gasteiger partial charge in [0.05, 0.1) is 24.7 Å². The maximum Gasteiger partial charge on any atom is 0.243 e. The van der Waals surface area contributed by atoms with Crippen molar-refractivity contribution in [1.29, 1.82) is 0 Å². The number of benzene rings is 2. The fourth-order valence-electron chi connectivity index (χ4n) is 2.98. The summed E-state index contributed by atoms with van der Waals surface area (Å²) in [5, 5.41) is 2.68. The Balaban J connectivity index is 1.61. The Morgan fingerprint density at radius 3 is 2.45 bits per heavy atom. The number of amides is 1. The van der Waals surface area contributed by atoms with Crippen LogP contribution in [0.3, 0.4) is 0 Å². The van der Waals surface area contributed by atoms with Gasteiger partial charge in [0.15, 0.2) is 0 Å². The molecule has 1 heterocycles. The highest BCUT2D eigenvalue weighted by Crippen LogP contribution is 2.20. The van der Waals surface area contributed by atoms with Crippen LogP contribution in [0.2, 0.25) is 0 Å². The third kappa shape index (κ3) is 5.11. The number of hydrogen-bond donors (Lipinski definition) is 1. The number of aryl methyl sites for hydroxylation is 1. The number of anilines is 2. The third-order valence-corrected chi connectivity index (χ3v) is 6.54. The molecule has 1 amide bonds. The molecule has 0 radical (unpaired) electrons. The van der Waals surface area contributed by atoms with Crippen molar-refractivity contribution in [3.05, 3.63) is 53.8 Å². The summed E-state index contributed by atoms with van der Waals surface area (Å²) in [7, 11) is -2.69. The van der Waals surface area contributed by atoms with Crippen molar-refractivity contribution in [3.63, 3.8) is 0 Å². The predicted molar refractivity (Wildman–Crippen MR) is 109 cm³/mol. The number of nitrogens with zero attached hydrogens (tertiary/aromatic N) is 2. The third-order valence-electron chi connectivity index (χ3n) is 4.75. The van der Waals surface area contributed by atoms with Crippen LogP contribution in [0.1, 0.15) is 5.56 Å². The van der Waals surface area contributed by atoms with Gasteiger partial charge in [0.1, 0.15) is 5.82 Å². The van der Waals surface area contributed by atoms with E-state index >= 15 is 0 Å². The summed E-state index contributed by atoms with van der Waals surface area (Å²) in [6.07, 6.45) is 0. The Bertz CT molecular complexity index is 974.